The molecule has 1 unspecified atom stereocenters. The van der Waals surface area contributed by atoms with Gasteiger partial charge in [-0.15, -0.1) is 0 Å². The molecule has 1 aliphatic carbocycles. The lowest BCUT2D eigenvalue weighted by Gasteiger charge is -2.35. The molecule has 0 bridgehead atoms. The highest BCUT2D eigenvalue weighted by molar-refractivity contribution is 5.55. The highest BCUT2D eigenvalue weighted by Gasteiger charge is 2.33. The second kappa shape index (κ2) is 8.59. The average Bonchev–Trinajstić information content (AvgIpc) is 2.65. The molecule has 0 spiro atoms. The van der Waals surface area contributed by atoms with Gasteiger partial charge < -0.3 is 10.2 Å². The van der Waals surface area contributed by atoms with Gasteiger partial charge in [-0.3, -0.25) is 0 Å². The van der Waals surface area contributed by atoms with Crippen LogP contribution in [0.3, 0.4) is 0 Å². The van der Waals surface area contributed by atoms with Crippen LogP contribution in [-0.4, -0.2) is 10.2 Å². The maximum Gasteiger partial charge on any atom is 0.122 e. The highest BCUT2D eigenvalue weighted by atomic mass is 16.3. The molecule has 0 amide bonds. The summed E-state index contributed by atoms with van der Waals surface area (Å²) in [6.07, 6.45) is 7.09. The van der Waals surface area contributed by atoms with Crippen LogP contribution < -0.4 is 0 Å². The lowest BCUT2D eigenvalue weighted by molar-refractivity contribution is 0.319. The fourth-order valence-electron chi connectivity index (χ4n) is 5.22. The van der Waals surface area contributed by atoms with Crippen molar-refractivity contribution in [1.29, 1.82) is 0 Å². The van der Waals surface area contributed by atoms with Crippen LogP contribution in [-0.2, 0) is 6.42 Å². The van der Waals surface area contributed by atoms with E-state index in [1.54, 1.807) is 0 Å². The van der Waals surface area contributed by atoms with Gasteiger partial charge in [-0.2, -0.15) is 0 Å². The number of rotatable bonds is 5. The van der Waals surface area contributed by atoms with Gasteiger partial charge in [0, 0.05) is 17.0 Å². The molecule has 2 nitrogen and oxygen atoms in total. The zero-order chi connectivity index (χ0) is 20.4. The summed E-state index contributed by atoms with van der Waals surface area (Å²) in [5.74, 6) is 1.73. The van der Waals surface area contributed by atoms with Crippen LogP contribution in [0, 0.1) is 19.8 Å². The summed E-state index contributed by atoms with van der Waals surface area (Å²) in [6, 6.07) is 8.36. The van der Waals surface area contributed by atoms with E-state index in [1.165, 1.54) is 43.2 Å². The van der Waals surface area contributed by atoms with Gasteiger partial charge in [0.2, 0.25) is 0 Å². The molecule has 1 fully saturated rings. The quantitative estimate of drug-likeness (QED) is 0.580. The monoisotopic (exact) mass is 380 g/mol. The number of phenolic OH excluding ortho intramolecular Hbond substituents is 2. The van der Waals surface area contributed by atoms with Crippen LogP contribution in [0.1, 0.15) is 98.1 Å². The molecule has 0 radical (unpaired) electrons. The first-order valence-electron chi connectivity index (χ1n) is 11.0. The van der Waals surface area contributed by atoms with Crippen molar-refractivity contribution in [3.05, 3.63) is 57.6 Å². The Morgan fingerprint density at radius 3 is 2.25 bits per heavy atom. The number of benzene rings is 2. The molecule has 0 aromatic heterocycles. The summed E-state index contributed by atoms with van der Waals surface area (Å²) in [6.45, 7) is 10.5. The van der Waals surface area contributed by atoms with E-state index in [1.807, 2.05) is 19.1 Å². The third-order valence-electron chi connectivity index (χ3n) is 6.57. The Bertz CT molecular complexity index is 829. The normalized spacial score (nSPS) is 16.5. The van der Waals surface area contributed by atoms with Crippen LogP contribution in [0.15, 0.2) is 24.3 Å². The van der Waals surface area contributed by atoms with Crippen LogP contribution in [0.5, 0.6) is 11.5 Å². The van der Waals surface area contributed by atoms with Crippen LogP contribution in [0.4, 0.5) is 0 Å². The third kappa shape index (κ3) is 3.92. The fraction of sp³-hybridized carbons (Fsp3) is 0.538. The minimum Gasteiger partial charge on any atom is -0.508 e. The van der Waals surface area contributed by atoms with Gasteiger partial charge in [-0.05, 0) is 73.3 Å². The van der Waals surface area contributed by atoms with Crippen molar-refractivity contribution in [3.8, 4) is 11.5 Å². The topological polar surface area (TPSA) is 40.5 Å². The molecule has 1 saturated carbocycles. The van der Waals surface area contributed by atoms with Gasteiger partial charge in [-0.25, -0.2) is 0 Å². The van der Waals surface area contributed by atoms with Crippen molar-refractivity contribution in [2.24, 2.45) is 5.92 Å². The summed E-state index contributed by atoms with van der Waals surface area (Å²) in [7, 11) is 0. The highest BCUT2D eigenvalue weighted by Crippen LogP contribution is 2.49. The third-order valence-corrected chi connectivity index (χ3v) is 6.57. The van der Waals surface area contributed by atoms with Crippen molar-refractivity contribution in [3.63, 3.8) is 0 Å². The van der Waals surface area contributed by atoms with Gasteiger partial charge in [0.15, 0.2) is 0 Å². The Morgan fingerprint density at radius 2 is 1.64 bits per heavy atom. The first kappa shape index (κ1) is 20.8. The van der Waals surface area contributed by atoms with Crippen molar-refractivity contribution < 1.29 is 10.2 Å². The van der Waals surface area contributed by atoms with Crippen molar-refractivity contribution in [2.45, 2.75) is 85.0 Å². The number of phenols is 2. The van der Waals surface area contributed by atoms with Gasteiger partial charge in [-0.1, -0.05) is 58.2 Å². The van der Waals surface area contributed by atoms with E-state index in [-0.39, 0.29) is 11.8 Å². The number of aromatic hydroxyl groups is 2. The summed E-state index contributed by atoms with van der Waals surface area (Å²) < 4.78 is 0. The molecule has 1 aliphatic rings. The van der Waals surface area contributed by atoms with Gasteiger partial charge >= 0.3 is 0 Å². The number of aryl methyl sites for hydroxylation is 3. The Hall–Kier alpha value is -1.96. The first-order valence-corrected chi connectivity index (χ1v) is 11.0. The van der Waals surface area contributed by atoms with E-state index in [9.17, 15) is 10.2 Å². The molecule has 2 N–H and O–H groups in total. The zero-order valence-corrected chi connectivity index (χ0v) is 18.2. The standard InChI is InChI=1S/C26H36O2/c1-6-19-13-12-18(5)26(28)25(19)24(20-10-8-7-9-11-20)21-14-17(4)15-22(27)23(21)16(2)3/h12-16,20,24,27-28H,6-11H2,1-5H3. The van der Waals surface area contributed by atoms with Gasteiger partial charge in [0.05, 0.1) is 0 Å². The molecular formula is C26H36O2. The van der Waals surface area contributed by atoms with E-state index in [0.29, 0.717) is 17.4 Å². The average molecular weight is 381 g/mol. The molecular weight excluding hydrogens is 344 g/mol. The van der Waals surface area contributed by atoms with Crippen molar-refractivity contribution in [2.75, 3.05) is 0 Å². The molecule has 28 heavy (non-hydrogen) atoms. The molecule has 2 heteroatoms. The van der Waals surface area contributed by atoms with E-state index in [0.717, 1.165) is 28.7 Å². The first-order chi connectivity index (χ1) is 13.3. The largest absolute Gasteiger partial charge is 0.508 e. The molecule has 0 heterocycles. The zero-order valence-electron chi connectivity index (χ0n) is 18.2. The van der Waals surface area contributed by atoms with Crippen molar-refractivity contribution in [1.82, 2.24) is 0 Å². The van der Waals surface area contributed by atoms with Crippen LogP contribution in [0.2, 0.25) is 0 Å². The van der Waals surface area contributed by atoms with E-state index in [2.05, 4.69) is 39.8 Å². The molecule has 2 aromatic rings. The number of hydrogen-bond acceptors (Lipinski definition) is 2. The second-order valence-electron chi connectivity index (χ2n) is 8.97. The van der Waals surface area contributed by atoms with E-state index in [4.69, 9.17) is 0 Å². The maximum absolute atomic E-state index is 11.2. The Labute approximate surface area is 170 Å². The minimum atomic E-state index is 0.137. The summed E-state index contributed by atoms with van der Waals surface area (Å²) >= 11 is 0. The summed E-state index contributed by atoms with van der Waals surface area (Å²) in [5.41, 5.74) is 6.62. The minimum absolute atomic E-state index is 0.137. The molecule has 3 rings (SSSR count). The Kier molecular flexibility index (Phi) is 6.37. The summed E-state index contributed by atoms with van der Waals surface area (Å²) in [4.78, 5) is 0. The smallest absolute Gasteiger partial charge is 0.122 e. The lowest BCUT2D eigenvalue weighted by atomic mass is 9.69. The predicted octanol–water partition coefficient (Wildman–Crippen LogP) is 7.11. The van der Waals surface area contributed by atoms with Gasteiger partial charge in [0.1, 0.15) is 11.5 Å². The Morgan fingerprint density at radius 1 is 0.964 bits per heavy atom. The molecule has 1 atom stereocenters. The van der Waals surface area contributed by atoms with Crippen LogP contribution >= 0.6 is 0 Å². The molecule has 152 valence electrons. The molecule has 0 aliphatic heterocycles. The summed E-state index contributed by atoms with van der Waals surface area (Å²) in [5, 5.41) is 22.0. The van der Waals surface area contributed by atoms with E-state index < -0.39 is 0 Å². The predicted molar refractivity (Wildman–Crippen MR) is 118 cm³/mol. The number of hydrogen-bond donors (Lipinski definition) is 2. The SMILES string of the molecule is CCc1ccc(C)c(O)c1C(c1cc(C)cc(O)c1C(C)C)C1CCCCC1. The second-order valence-corrected chi connectivity index (χ2v) is 8.97. The fourth-order valence-corrected chi connectivity index (χ4v) is 5.22. The maximum atomic E-state index is 11.2. The van der Waals surface area contributed by atoms with Crippen molar-refractivity contribution >= 4 is 0 Å². The van der Waals surface area contributed by atoms with Gasteiger partial charge in [0.25, 0.3) is 0 Å². The lowest BCUT2D eigenvalue weighted by Crippen LogP contribution is -2.21. The van der Waals surface area contributed by atoms with Crippen LogP contribution in [0.25, 0.3) is 0 Å². The molecule has 2 aromatic carbocycles. The van der Waals surface area contributed by atoms with E-state index >= 15 is 0 Å². The molecule has 0 saturated heterocycles. The Balaban J connectivity index is 2.31.